The lowest BCUT2D eigenvalue weighted by molar-refractivity contribution is -0.136. The van der Waals surface area contributed by atoms with Gasteiger partial charge in [0, 0.05) is 19.0 Å². The molecule has 0 fully saturated rings. The third kappa shape index (κ3) is 4.95. The highest BCUT2D eigenvalue weighted by molar-refractivity contribution is 5.91. The minimum Gasteiger partial charge on any atom is -0.484 e. The largest absolute Gasteiger partial charge is 0.484 e. The first-order valence-corrected chi connectivity index (χ1v) is 11.4. The van der Waals surface area contributed by atoms with Crippen molar-refractivity contribution < 1.29 is 23.1 Å². The Labute approximate surface area is 197 Å². The molecule has 34 heavy (non-hydrogen) atoms. The summed E-state index contributed by atoms with van der Waals surface area (Å²) in [6, 6.07) is 11.7. The first-order valence-electron chi connectivity index (χ1n) is 11.4. The standard InChI is InChI=1S/C26H28FN3O4/c1-4-28-25(31)22-14-34-23(29-22)15-33-20-9-8-17-10-11-30(26(32)16(2)3)24(21(17)13-20)18-6-5-7-19(27)12-18/h5-9,12-14,16,24H,4,10-11,15H2,1-3H3,(H,28,31). The second-order valence-corrected chi connectivity index (χ2v) is 8.53. The predicted molar refractivity (Wildman–Crippen MR) is 124 cm³/mol. The maximum atomic E-state index is 14.1. The molecule has 1 atom stereocenters. The zero-order valence-electron chi connectivity index (χ0n) is 19.5. The highest BCUT2D eigenvalue weighted by Crippen LogP contribution is 2.38. The number of nitrogens with one attached hydrogen (secondary N) is 1. The average Bonchev–Trinajstić information content (AvgIpc) is 3.31. The zero-order chi connectivity index (χ0) is 24.2. The highest BCUT2D eigenvalue weighted by Gasteiger charge is 2.33. The summed E-state index contributed by atoms with van der Waals surface area (Å²) in [4.78, 5) is 30.9. The quantitative estimate of drug-likeness (QED) is 0.563. The van der Waals surface area contributed by atoms with Gasteiger partial charge in [0.2, 0.25) is 11.8 Å². The number of oxazole rings is 1. The van der Waals surface area contributed by atoms with Gasteiger partial charge in [0.05, 0.1) is 6.04 Å². The summed E-state index contributed by atoms with van der Waals surface area (Å²) >= 11 is 0. The van der Waals surface area contributed by atoms with E-state index in [1.807, 2.05) is 49.9 Å². The van der Waals surface area contributed by atoms with E-state index in [2.05, 4.69) is 10.3 Å². The molecule has 8 heteroatoms. The van der Waals surface area contributed by atoms with E-state index in [4.69, 9.17) is 9.15 Å². The fraction of sp³-hybridized carbons (Fsp3) is 0.346. The Morgan fingerprint density at radius 3 is 2.82 bits per heavy atom. The van der Waals surface area contributed by atoms with E-state index < -0.39 is 6.04 Å². The number of carbonyl (C=O) groups is 2. The fourth-order valence-corrected chi connectivity index (χ4v) is 4.17. The van der Waals surface area contributed by atoms with Crippen LogP contribution in [0, 0.1) is 11.7 Å². The average molecular weight is 466 g/mol. The van der Waals surface area contributed by atoms with E-state index in [1.54, 1.807) is 6.07 Å². The monoisotopic (exact) mass is 465 g/mol. The van der Waals surface area contributed by atoms with Crippen LogP contribution in [-0.4, -0.2) is 34.8 Å². The molecule has 0 saturated carbocycles. The second-order valence-electron chi connectivity index (χ2n) is 8.53. The second kappa shape index (κ2) is 10.1. The molecule has 2 aromatic carbocycles. The molecule has 1 aliphatic heterocycles. The SMILES string of the molecule is CCNC(=O)c1coc(COc2ccc3c(c2)C(c2cccc(F)c2)N(C(=O)C(C)C)CC3)n1. The number of carbonyl (C=O) groups excluding carboxylic acids is 2. The van der Waals surface area contributed by atoms with Crippen LogP contribution in [0.15, 0.2) is 53.1 Å². The van der Waals surface area contributed by atoms with Crippen LogP contribution in [0.2, 0.25) is 0 Å². The molecule has 1 N–H and O–H groups in total. The normalized spacial score (nSPS) is 15.2. The molecule has 1 aliphatic rings. The van der Waals surface area contributed by atoms with Gasteiger partial charge in [-0.1, -0.05) is 32.0 Å². The Morgan fingerprint density at radius 1 is 1.26 bits per heavy atom. The molecular formula is C26H28FN3O4. The van der Waals surface area contributed by atoms with Crippen LogP contribution in [0.25, 0.3) is 0 Å². The molecule has 7 nitrogen and oxygen atoms in total. The molecule has 0 spiro atoms. The van der Waals surface area contributed by atoms with Crippen molar-refractivity contribution in [2.75, 3.05) is 13.1 Å². The Bertz CT molecular complexity index is 1190. The highest BCUT2D eigenvalue weighted by atomic mass is 19.1. The molecule has 1 unspecified atom stereocenters. The minimum absolute atomic E-state index is 0.0175. The van der Waals surface area contributed by atoms with Crippen molar-refractivity contribution in [2.45, 2.75) is 39.8 Å². The minimum atomic E-state index is -0.413. The van der Waals surface area contributed by atoms with Crippen molar-refractivity contribution in [2.24, 2.45) is 5.92 Å². The molecule has 3 aromatic rings. The summed E-state index contributed by atoms with van der Waals surface area (Å²) in [5.41, 5.74) is 2.90. The van der Waals surface area contributed by atoms with Crippen molar-refractivity contribution in [3.8, 4) is 5.75 Å². The number of hydrogen-bond donors (Lipinski definition) is 1. The van der Waals surface area contributed by atoms with Crippen LogP contribution in [0.4, 0.5) is 4.39 Å². The summed E-state index contributed by atoms with van der Waals surface area (Å²) in [6.07, 6.45) is 2.00. The Kier molecular flexibility index (Phi) is 6.95. The lowest BCUT2D eigenvalue weighted by Gasteiger charge is -2.39. The Morgan fingerprint density at radius 2 is 2.09 bits per heavy atom. The number of nitrogens with zero attached hydrogens (tertiary/aromatic N) is 2. The molecule has 178 valence electrons. The van der Waals surface area contributed by atoms with Crippen LogP contribution in [0.5, 0.6) is 5.75 Å². The van der Waals surface area contributed by atoms with Gasteiger partial charge in [-0.15, -0.1) is 0 Å². The lowest BCUT2D eigenvalue weighted by Crippen LogP contribution is -2.42. The van der Waals surface area contributed by atoms with Crippen molar-refractivity contribution in [3.63, 3.8) is 0 Å². The number of fused-ring (bicyclic) bond motifs is 1. The zero-order valence-corrected chi connectivity index (χ0v) is 19.5. The lowest BCUT2D eigenvalue weighted by atomic mass is 9.87. The van der Waals surface area contributed by atoms with Crippen molar-refractivity contribution in [1.29, 1.82) is 0 Å². The van der Waals surface area contributed by atoms with Gasteiger partial charge in [0.1, 0.15) is 17.8 Å². The summed E-state index contributed by atoms with van der Waals surface area (Å²) < 4.78 is 25.4. The molecule has 2 amide bonds. The first kappa shape index (κ1) is 23.5. The van der Waals surface area contributed by atoms with Crippen LogP contribution >= 0.6 is 0 Å². The third-order valence-corrected chi connectivity index (χ3v) is 5.77. The van der Waals surface area contributed by atoms with Gasteiger partial charge < -0.3 is 19.4 Å². The molecule has 0 aliphatic carbocycles. The molecule has 0 saturated heterocycles. The number of ether oxygens (including phenoxy) is 1. The van der Waals surface area contributed by atoms with Crippen LogP contribution in [0.1, 0.15) is 59.9 Å². The van der Waals surface area contributed by atoms with Crippen LogP contribution in [0.3, 0.4) is 0 Å². The molecule has 0 bridgehead atoms. The number of rotatable bonds is 7. The van der Waals surface area contributed by atoms with E-state index in [1.165, 1.54) is 18.4 Å². The van der Waals surface area contributed by atoms with E-state index in [9.17, 15) is 14.0 Å². The van der Waals surface area contributed by atoms with Gasteiger partial charge in [-0.25, -0.2) is 9.37 Å². The number of aromatic nitrogens is 1. The fourth-order valence-electron chi connectivity index (χ4n) is 4.17. The van der Waals surface area contributed by atoms with Crippen molar-refractivity contribution in [1.82, 2.24) is 15.2 Å². The first-order chi connectivity index (χ1) is 16.4. The number of benzene rings is 2. The molecule has 0 radical (unpaired) electrons. The Hall–Kier alpha value is -3.68. The Balaban J connectivity index is 1.61. The van der Waals surface area contributed by atoms with Gasteiger partial charge in [-0.05, 0) is 54.3 Å². The topological polar surface area (TPSA) is 84.7 Å². The number of halogens is 1. The van der Waals surface area contributed by atoms with Gasteiger partial charge in [0.25, 0.3) is 5.91 Å². The van der Waals surface area contributed by atoms with Gasteiger partial charge >= 0.3 is 0 Å². The van der Waals surface area contributed by atoms with E-state index in [0.717, 1.165) is 11.1 Å². The van der Waals surface area contributed by atoms with Crippen LogP contribution < -0.4 is 10.1 Å². The third-order valence-electron chi connectivity index (χ3n) is 5.77. The van der Waals surface area contributed by atoms with Crippen LogP contribution in [-0.2, 0) is 17.8 Å². The summed E-state index contributed by atoms with van der Waals surface area (Å²) in [5, 5.41) is 2.67. The molecular weight excluding hydrogens is 437 g/mol. The maximum Gasteiger partial charge on any atom is 0.273 e. The number of hydrogen-bond acceptors (Lipinski definition) is 5. The molecule has 4 rings (SSSR count). The molecule has 1 aromatic heterocycles. The van der Waals surface area contributed by atoms with E-state index in [0.29, 0.717) is 30.8 Å². The van der Waals surface area contributed by atoms with E-state index >= 15 is 0 Å². The van der Waals surface area contributed by atoms with Crippen molar-refractivity contribution >= 4 is 11.8 Å². The smallest absolute Gasteiger partial charge is 0.273 e. The van der Waals surface area contributed by atoms with E-state index in [-0.39, 0.29) is 41.7 Å². The number of amides is 2. The maximum absolute atomic E-state index is 14.1. The van der Waals surface area contributed by atoms with Gasteiger partial charge in [0.15, 0.2) is 12.3 Å². The van der Waals surface area contributed by atoms with Gasteiger partial charge in [-0.3, -0.25) is 9.59 Å². The summed E-state index contributed by atoms with van der Waals surface area (Å²) in [6.45, 7) is 6.65. The molecule has 2 heterocycles. The predicted octanol–water partition coefficient (Wildman–Crippen LogP) is 4.27. The summed E-state index contributed by atoms with van der Waals surface area (Å²) in [7, 11) is 0. The summed E-state index contributed by atoms with van der Waals surface area (Å²) in [5.74, 6) is 0.0269. The van der Waals surface area contributed by atoms with Crippen molar-refractivity contribution in [3.05, 3.63) is 82.8 Å². The van der Waals surface area contributed by atoms with Gasteiger partial charge in [-0.2, -0.15) is 0 Å².